The van der Waals surface area contributed by atoms with Gasteiger partial charge in [0.15, 0.2) is 5.78 Å². The molecule has 0 aromatic rings. The van der Waals surface area contributed by atoms with Gasteiger partial charge in [0.05, 0.1) is 18.9 Å². The van der Waals surface area contributed by atoms with Gasteiger partial charge in [0.1, 0.15) is 5.60 Å². The lowest BCUT2D eigenvalue weighted by Crippen LogP contribution is -2.34. The van der Waals surface area contributed by atoms with Crippen molar-refractivity contribution in [2.24, 2.45) is 0 Å². The van der Waals surface area contributed by atoms with Crippen molar-refractivity contribution in [1.82, 2.24) is 5.32 Å². The Labute approximate surface area is 88.2 Å². The maximum Gasteiger partial charge on any atom is 0.308 e. The maximum absolute atomic E-state index is 11.3. The van der Waals surface area contributed by atoms with Gasteiger partial charge >= 0.3 is 5.97 Å². The van der Waals surface area contributed by atoms with Crippen LogP contribution in [0.3, 0.4) is 0 Å². The smallest absolute Gasteiger partial charge is 0.308 e. The van der Waals surface area contributed by atoms with Crippen LogP contribution in [-0.2, 0) is 19.1 Å². The van der Waals surface area contributed by atoms with Crippen molar-refractivity contribution in [1.29, 1.82) is 0 Å². The molecule has 0 aromatic carbocycles. The van der Waals surface area contributed by atoms with Crippen LogP contribution in [0.4, 0.5) is 0 Å². The molecule has 1 unspecified atom stereocenters. The van der Waals surface area contributed by atoms with E-state index in [-0.39, 0.29) is 24.5 Å². The molecule has 1 N–H and O–H groups in total. The van der Waals surface area contributed by atoms with Crippen molar-refractivity contribution in [3.05, 3.63) is 0 Å². The molecule has 1 saturated heterocycles. The van der Waals surface area contributed by atoms with Crippen LogP contribution >= 0.6 is 0 Å². The molecular weight excluding hydrogens is 198 g/mol. The number of esters is 1. The zero-order valence-corrected chi connectivity index (χ0v) is 9.12. The highest BCUT2D eigenvalue weighted by Crippen LogP contribution is 2.12. The molecule has 5 nitrogen and oxygen atoms in total. The second-order valence-electron chi connectivity index (χ2n) is 4.55. The Kier molecular flexibility index (Phi) is 3.12. The van der Waals surface area contributed by atoms with E-state index in [1.807, 2.05) is 0 Å². The molecule has 1 aliphatic rings. The van der Waals surface area contributed by atoms with E-state index < -0.39 is 17.6 Å². The Morgan fingerprint density at radius 3 is 2.47 bits per heavy atom. The van der Waals surface area contributed by atoms with Gasteiger partial charge in [-0.2, -0.15) is 0 Å². The molecule has 0 aliphatic carbocycles. The highest BCUT2D eigenvalue weighted by Gasteiger charge is 2.32. The Hall–Kier alpha value is -1.39. The summed E-state index contributed by atoms with van der Waals surface area (Å²) in [6, 6.07) is -0.702. The lowest BCUT2D eigenvalue weighted by molar-refractivity contribution is -0.156. The first-order valence-corrected chi connectivity index (χ1v) is 4.82. The third-order valence-corrected chi connectivity index (χ3v) is 1.85. The van der Waals surface area contributed by atoms with Crippen LogP contribution in [0.15, 0.2) is 0 Å². The molecule has 0 saturated carbocycles. The Bertz CT molecular complexity index is 303. The lowest BCUT2D eigenvalue weighted by atomic mass is 10.1. The molecule has 84 valence electrons. The van der Waals surface area contributed by atoms with Gasteiger partial charge in [0.2, 0.25) is 5.91 Å². The number of carbonyl (C=O) groups excluding carboxylic acids is 3. The van der Waals surface area contributed by atoms with E-state index in [4.69, 9.17) is 4.74 Å². The first-order valence-electron chi connectivity index (χ1n) is 4.82. The molecule has 1 aliphatic heterocycles. The van der Waals surface area contributed by atoms with Gasteiger partial charge in [-0.3, -0.25) is 14.4 Å². The number of ether oxygens (including phenoxy) is 1. The predicted octanol–water partition coefficient (Wildman–Crippen LogP) is 0.176. The van der Waals surface area contributed by atoms with Gasteiger partial charge < -0.3 is 10.1 Å². The summed E-state index contributed by atoms with van der Waals surface area (Å²) in [6.45, 7) is 5.25. The van der Waals surface area contributed by atoms with Crippen molar-refractivity contribution < 1.29 is 19.1 Å². The number of carbonyl (C=O) groups is 3. The molecule has 0 radical (unpaired) electrons. The molecule has 1 amide bonds. The van der Waals surface area contributed by atoms with Crippen molar-refractivity contribution in [3.8, 4) is 0 Å². The van der Waals surface area contributed by atoms with Crippen molar-refractivity contribution in [2.75, 3.05) is 0 Å². The van der Waals surface area contributed by atoms with Gasteiger partial charge in [0, 0.05) is 0 Å². The zero-order chi connectivity index (χ0) is 11.6. The number of ketones is 1. The average Bonchev–Trinajstić information content (AvgIpc) is 2.25. The second kappa shape index (κ2) is 4.00. The first kappa shape index (κ1) is 11.7. The molecular formula is C10H15NO4. The molecule has 1 atom stereocenters. The van der Waals surface area contributed by atoms with Crippen LogP contribution in [0.25, 0.3) is 0 Å². The standard InChI is InChI=1S/C10H15NO4/c1-10(2,3)15-9(14)4-6-7(12)5-8(13)11-6/h6H,4-5H2,1-3H3,(H,11,13). The Balaban J connectivity index is 2.45. The number of Topliss-reactive ketones (excluding diaryl/α,β-unsaturated/α-hetero) is 1. The van der Waals surface area contributed by atoms with E-state index in [9.17, 15) is 14.4 Å². The van der Waals surface area contributed by atoms with Crippen molar-refractivity contribution in [2.45, 2.75) is 45.3 Å². The van der Waals surface area contributed by atoms with Crippen LogP contribution in [0.5, 0.6) is 0 Å². The second-order valence-corrected chi connectivity index (χ2v) is 4.55. The van der Waals surface area contributed by atoms with Gasteiger partial charge in [-0.1, -0.05) is 0 Å². The minimum absolute atomic E-state index is 0.0815. The van der Waals surface area contributed by atoms with E-state index in [1.165, 1.54) is 0 Å². The molecule has 5 heteroatoms. The van der Waals surface area contributed by atoms with Crippen molar-refractivity contribution in [3.63, 3.8) is 0 Å². The monoisotopic (exact) mass is 213 g/mol. The number of rotatable bonds is 2. The summed E-state index contributed by atoms with van der Waals surface area (Å²) in [5, 5.41) is 2.43. The third-order valence-electron chi connectivity index (χ3n) is 1.85. The number of hydrogen-bond acceptors (Lipinski definition) is 4. The zero-order valence-electron chi connectivity index (χ0n) is 9.12. The van der Waals surface area contributed by atoms with Crippen LogP contribution in [0.2, 0.25) is 0 Å². The maximum atomic E-state index is 11.3. The van der Waals surface area contributed by atoms with Gasteiger partial charge in [-0.25, -0.2) is 0 Å². The van der Waals surface area contributed by atoms with E-state index >= 15 is 0 Å². The van der Waals surface area contributed by atoms with Gasteiger partial charge in [-0.15, -0.1) is 0 Å². The normalized spacial score (nSPS) is 21.4. The largest absolute Gasteiger partial charge is 0.460 e. The quantitative estimate of drug-likeness (QED) is 0.524. The third kappa shape index (κ3) is 3.69. The number of nitrogens with one attached hydrogen (secondary N) is 1. The fourth-order valence-corrected chi connectivity index (χ4v) is 1.32. The highest BCUT2D eigenvalue weighted by molar-refractivity contribution is 6.08. The van der Waals surface area contributed by atoms with Crippen LogP contribution < -0.4 is 5.32 Å². The van der Waals surface area contributed by atoms with Crippen molar-refractivity contribution >= 4 is 17.7 Å². The summed E-state index contributed by atoms with van der Waals surface area (Å²) in [5.41, 5.74) is -0.567. The summed E-state index contributed by atoms with van der Waals surface area (Å²) >= 11 is 0. The molecule has 1 fully saturated rings. The summed E-state index contributed by atoms with van der Waals surface area (Å²) in [7, 11) is 0. The highest BCUT2D eigenvalue weighted by atomic mass is 16.6. The SMILES string of the molecule is CC(C)(C)OC(=O)CC1NC(=O)CC1=O. The van der Waals surface area contributed by atoms with E-state index in [1.54, 1.807) is 20.8 Å². The average molecular weight is 213 g/mol. The fourth-order valence-electron chi connectivity index (χ4n) is 1.32. The van der Waals surface area contributed by atoms with Gasteiger partial charge in [-0.05, 0) is 20.8 Å². The topological polar surface area (TPSA) is 72.5 Å². The number of hydrogen-bond donors (Lipinski definition) is 1. The fraction of sp³-hybridized carbons (Fsp3) is 0.700. The molecule has 15 heavy (non-hydrogen) atoms. The van der Waals surface area contributed by atoms with Crippen LogP contribution in [-0.4, -0.2) is 29.3 Å². The summed E-state index contributed by atoms with van der Waals surface area (Å²) in [4.78, 5) is 33.4. The first-order chi connectivity index (χ1) is 6.78. The van der Waals surface area contributed by atoms with Gasteiger partial charge in [0.25, 0.3) is 0 Å². The van der Waals surface area contributed by atoms with E-state index in [2.05, 4.69) is 5.32 Å². The van der Waals surface area contributed by atoms with E-state index in [0.717, 1.165) is 0 Å². The van der Waals surface area contributed by atoms with E-state index in [0.29, 0.717) is 0 Å². The molecule has 1 heterocycles. The number of amides is 1. The Morgan fingerprint density at radius 1 is 1.47 bits per heavy atom. The minimum atomic E-state index is -0.702. The summed E-state index contributed by atoms with van der Waals surface area (Å²) in [5.74, 6) is -1.04. The van der Waals surface area contributed by atoms with Crippen LogP contribution in [0, 0.1) is 0 Å². The molecule has 0 bridgehead atoms. The lowest BCUT2D eigenvalue weighted by Gasteiger charge is -2.20. The molecule has 0 aromatic heterocycles. The molecule has 1 rings (SSSR count). The summed E-state index contributed by atoms with van der Waals surface area (Å²) < 4.78 is 5.04. The minimum Gasteiger partial charge on any atom is -0.460 e. The predicted molar refractivity (Wildman–Crippen MR) is 52.0 cm³/mol. The van der Waals surface area contributed by atoms with Crippen LogP contribution in [0.1, 0.15) is 33.6 Å². The molecule has 0 spiro atoms. The summed E-state index contributed by atoms with van der Waals surface area (Å²) in [6.07, 6.45) is -0.213. The Morgan fingerprint density at radius 2 is 2.07 bits per heavy atom.